The Morgan fingerprint density at radius 3 is 2.23 bits per heavy atom. The van der Waals surface area contributed by atoms with Crippen molar-refractivity contribution < 1.29 is 13.2 Å². The number of aryl methyl sites for hydroxylation is 1. The molecule has 0 aromatic carbocycles. The van der Waals surface area contributed by atoms with Crippen molar-refractivity contribution in [1.29, 1.82) is 0 Å². The SMILES string of the molecule is CC(=O)Nc1ncc(S(=O)(=O)N2CCN(c3cc(N4CCCC4)nc(C)n3)CC2)s1. The molecule has 162 valence electrons. The second-order valence-electron chi connectivity index (χ2n) is 7.38. The number of aromatic nitrogens is 3. The molecule has 10 nitrogen and oxygen atoms in total. The molecule has 2 saturated heterocycles. The second-order valence-corrected chi connectivity index (χ2v) is 10.6. The highest BCUT2D eigenvalue weighted by atomic mass is 32.2. The molecule has 12 heteroatoms. The van der Waals surface area contributed by atoms with Crippen LogP contribution in [0.5, 0.6) is 0 Å². The van der Waals surface area contributed by atoms with E-state index in [2.05, 4.69) is 30.1 Å². The van der Waals surface area contributed by atoms with E-state index in [1.54, 1.807) is 0 Å². The molecule has 2 fully saturated rings. The van der Waals surface area contributed by atoms with E-state index in [0.29, 0.717) is 26.2 Å². The van der Waals surface area contributed by atoms with Crippen LogP contribution in [0.25, 0.3) is 0 Å². The van der Waals surface area contributed by atoms with Crippen LogP contribution in [0.3, 0.4) is 0 Å². The van der Waals surface area contributed by atoms with Crippen LogP contribution in [-0.4, -0.2) is 72.9 Å². The molecule has 0 spiro atoms. The quantitative estimate of drug-likeness (QED) is 0.724. The third-order valence-electron chi connectivity index (χ3n) is 5.17. The Labute approximate surface area is 180 Å². The minimum atomic E-state index is -3.64. The fourth-order valence-electron chi connectivity index (χ4n) is 3.68. The maximum atomic E-state index is 12.9. The summed E-state index contributed by atoms with van der Waals surface area (Å²) in [6.45, 7) is 7.09. The number of hydrogen-bond donors (Lipinski definition) is 1. The average Bonchev–Trinajstić information content (AvgIpc) is 3.39. The molecule has 2 aliphatic heterocycles. The predicted octanol–water partition coefficient (Wildman–Crippen LogP) is 1.31. The molecular weight excluding hydrogens is 426 g/mol. The van der Waals surface area contributed by atoms with E-state index in [-0.39, 0.29) is 15.2 Å². The number of sulfonamides is 1. The first-order valence-electron chi connectivity index (χ1n) is 9.92. The number of nitrogens with one attached hydrogen (secondary N) is 1. The third kappa shape index (κ3) is 4.40. The molecular formula is C18H25N7O3S2. The van der Waals surface area contributed by atoms with Crippen molar-refractivity contribution in [3.63, 3.8) is 0 Å². The summed E-state index contributed by atoms with van der Waals surface area (Å²) in [5.41, 5.74) is 0. The van der Waals surface area contributed by atoms with Crippen LogP contribution in [0, 0.1) is 6.92 Å². The van der Waals surface area contributed by atoms with Gasteiger partial charge in [-0.05, 0) is 19.8 Å². The molecule has 2 aromatic rings. The largest absolute Gasteiger partial charge is 0.356 e. The Hall–Kier alpha value is -2.31. The van der Waals surface area contributed by atoms with Crippen LogP contribution >= 0.6 is 11.3 Å². The minimum absolute atomic E-state index is 0.133. The minimum Gasteiger partial charge on any atom is -0.356 e. The van der Waals surface area contributed by atoms with E-state index in [4.69, 9.17) is 0 Å². The predicted molar refractivity (Wildman–Crippen MR) is 116 cm³/mol. The fourth-order valence-corrected chi connectivity index (χ4v) is 6.33. The number of carbonyl (C=O) groups excluding carboxylic acids is 1. The van der Waals surface area contributed by atoms with E-state index in [0.717, 1.165) is 41.9 Å². The Kier molecular flexibility index (Phi) is 5.89. The van der Waals surface area contributed by atoms with Crippen LogP contribution in [0.4, 0.5) is 16.8 Å². The Balaban J connectivity index is 1.44. The Morgan fingerprint density at radius 1 is 1.03 bits per heavy atom. The van der Waals surface area contributed by atoms with Crippen LogP contribution < -0.4 is 15.1 Å². The topological polar surface area (TPSA) is 112 Å². The van der Waals surface area contributed by atoms with Crippen LogP contribution in [0.1, 0.15) is 25.6 Å². The van der Waals surface area contributed by atoms with Gasteiger partial charge in [0.2, 0.25) is 5.91 Å². The highest BCUT2D eigenvalue weighted by molar-refractivity contribution is 7.91. The Morgan fingerprint density at radius 2 is 1.63 bits per heavy atom. The normalized spacial score (nSPS) is 18.1. The summed E-state index contributed by atoms with van der Waals surface area (Å²) >= 11 is 0.965. The zero-order valence-corrected chi connectivity index (χ0v) is 18.7. The maximum absolute atomic E-state index is 12.9. The van der Waals surface area contributed by atoms with Gasteiger partial charge in [0.05, 0.1) is 6.20 Å². The van der Waals surface area contributed by atoms with Crippen LogP contribution in [-0.2, 0) is 14.8 Å². The highest BCUT2D eigenvalue weighted by Crippen LogP contribution is 2.28. The Bertz CT molecular complexity index is 1030. The summed E-state index contributed by atoms with van der Waals surface area (Å²) in [7, 11) is -3.64. The summed E-state index contributed by atoms with van der Waals surface area (Å²) in [5.74, 6) is 2.22. The van der Waals surface area contributed by atoms with Gasteiger partial charge in [-0.15, -0.1) is 0 Å². The van der Waals surface area contributed by atoms with Gasteiger partial charge in [0.25, 0.3) is 10.0 Å². The summed E-state index contributed by atoms with van der Waals surface area (Å²) < 4.78 is 27.5. The lowest BCUT2D eigenvalue weighted by Crippen LogP contribution is -2.48. The van der Waals surface area contributed by atoms with Crippen molar-refractivity contribution in [3.8, 4) is 0 Å². The van der Waals surface area contributed by atoms with E-state index in [1.807, 2.05) is 13.0 Å². The number of amides is 1. The second kappa shape index (κ2) is 8.44. The van der Waals surface area contributed by atoms with E-state index in [1.165, 1.54) is 30.3 Å². The molecule has 30 heavy (non-hydrogen) atoms. The summed E-state index contributed by atoms with van der Waals surface area (Å²) in [6.07, 6.45) is 3.65. The average molecular weight is 452 g/mol. The molecule has 2 aliphatic rings. The molecule has 4 rings (SSSR count). The van der Waals surface area contributed by atoms with E-state index in [9.17, 15) is 13.2 Å². The number of carbonyl (C=O) groups is 1. The molecule has 0 atom stereocenters. The number of thiazole rings is 1. The van der Waals surface area contributed by atoms with Gasteiger partial charge in [0.15, 0.2) is 9.34 Å². The molecule has 1 N–H and O–H groups in total. The first kappa shape index (κ1) is 20.9. The number of anilines is 3. The van der Waals surface area contributed by atoms with Gasteiger partial charge in [-0.2, -0.15) is 4.31 Å². The third-order valence-corrected chi connectivity index (χ3v) is 8.41. The van der Waals surface area contributed by atoms with Gasteiger partial charge in [-0.25, -0.2) is 23.4 Å². The number of nitrogens with zero attached hydrogens (tertiary/aromatic N) is 6. The lowest BCUT2D eigenvalue weighted by atomic mass is 10.3. The van der Waals surface area contributed by atoms with Crippen LogP contribution in [0.15, 0.2) is 16.5 Å². The molecule has 0 aliphatic carbocycles. The molecule has 0 bridgehead atoms. The van der Waals surface area contributed by atoms with Gasteiger partial charge in [0, 0.05) is 52.3 Å². The zero-order chi connectivity index (χ0) is 21.3. The molecule has 0 unspecified atom stereocenters. The lowest BCUT2D eigenvalue weighted by molar-refractivity contribution is -0.114. The number of hydrogen-bond acceptors (Lipinski definition) is 9. The standard InChI is InChI=1S/C18H25N7O3S2/c1-13-20-15(23-5-3-4-6-23)11-16(21-13)24-7-9-25(10-8-24)30(27,28)17-12-19-18(29-17)22-14(2)26/h11-12H,3-10H2,1-2H3,(H,19,22,26). The van der Waals surface area contributed by atoms with Crippen molar-refractivity contribution in [1.82, 2.24) is 19.3 Å². The number of piperazine rings is 1. The lowest BCUT2D eigenvalue weighted by Gasteiger charge is -2.34. The van der Waals surface area contributed by atoms with Crippen LogP contribution in [0.2, 0.25) is 0 Å². The van der Waals surface area contributed by atoms with Gasteiger partial charge in [0.1, 0.15) is 17.5 Å². The van der Waals surface area contributed by atoms with Gasteiger partial charge in [-0.3, -0.25) is 4.79 Å². The molecule has 0 radical (unpaired) electrons. The van der Waals surface area contributed by atoms with Crippen molar-refractivity contribution in [2.24, 2.45) is 0 Å². The fraction of sp³-hybridized carbons (Fsp3) is 0.556. The summed E-state index contributed by atoms with van der Waals surface area (Å²) in [6, 6.07) is 2.01. The number of rotatable bonds is 5. The van der Waals surface area contributed by atoms with Gasteiger partial charge < -0.3 is 15.1 Å². The van der Waals surface area contributed by atoms with Crippen molar-refractivity contribution >= 4 is 44.0 Å². The van der Waals surface area contributed by atoms with Crippen molar-refractivity contribution in [2.45, 2.75) is 30.9 Å². The maximum Gasteiger partial charge on any atom is 0.254 e. The van der Waals surface area contributed by atoms with Gasteiger partial charge in [-0.1, -0.05) is 11.3 Å². The van der Waals surface area contributed by atoms with E-state index < -0.39 is 10.0 Å². The van der Waals surface area contributed by atoms with Crippen molar-refractivity contribution in [3.05, 3.63) is 18.1 Å². The van der Waals surface area contributed by atoms with E-state index >= 15 is 0 Å². The first-order valence-corrected chi connectivity index (χ1v) is 12.2. The molecule has 1 amide bonds. The summed E-state index contributed by atoms with van der Waals surface area (Å²) in [5, 5.41) is 2.80. The molecule has 4 heterocycles. The zero-order valence-electron chi connectivity index (χ0n) is 17.0. The van der Waals surface area contributed by atoms with Gasteiger partial charge >= 0.3 is 0 Å². The molecule has 0 saturated carbocycles. The monoisotopic (exact) mass is 451 g/mol. The smallest absolute Gasteiger partial charge is 0.254 e. The highest BCUT2D eigenvalue weighted by Gasteiger charge is 2.31. The first-order chi connectivity index (χ1) is 14.3. The summed E-state index contributed by atoms with van der Waals surface area (Å²) in [4.78, 5) is 28.7. The molecule has 2 aromatic heterocycles. The van der Waals surface area contributed by atoms with Crippen molar-refractivity contribution in [2.75, 3.05) is 54.4 Å².